The first kappa shape index (κ1) is 62.5. The monoisotopic (exact) mass is 1290 g/mol. The molecule has 0 N–H and O–H groups in total. The molecule has 16 rings (SSSR count). The molecule has 464 valence electrons. The van der Waals surface area contributed by atoms with Crippen molar-refractivity contribution in [1.29, 1.82) is 0 Å². The first-order chi connectivity index (χ1) is 45.8. The Hall–Kier alpha value is -7.64. The summed E-state index contributed by atoms with van der Waals surface area (Å²) in [6.07, 6.45) is 9.37. The number of rotatable bonds is 12. The Balaban J connectivity index is 0.000000155. The Morgan fingerprint density at radius 1 is 0.191 bits per heavy atom. The largest absolute Gasteiger partial charge is 0.0613 e. The van der Waals surface area contributed by atoms with E-state index in [0.717, 1.165) is 25.7 Å². The molecule has 12 aromatic rings. The normalized spacial score (nSPS) is 14.6. The molecule has 0 atom stereocenters. The van der Waals surface area contributed by atoms with Crippen LogP contribution in [0.5, 0.6) is 0 Å². The molecule has 0 bridgehead atoms. The first-order valence-corrected chi connectivity index (χ1v) is 39.4. The first-order valence-electron chi connectivity index (χ1n) is 34.1. The Bertz CT molecular complexity index is 3920. The fourth-order valence-electron chi connectivity index (χ4n) is 16.3. The maximum Gasteiger partial charge on any atom is 0.0227 e. The van der Waals surface area contributed by atoms with Gasteiger partial charge in [0.2, 0.25) is 0 Å². The van der Waals surface area contributed by atoms with Crippen LogP contribution in [0.2, 0.25) is 0 Å². The van der Waals surface area contributed by atoms with Gasteiger partial charge in [0.25, 0.3) is 0 Å². The van der Waals surface area contributed by atoms with Gasteiger partial charge in [-0.3, -0.25) is 0 Å². The lowest BCUT2D eigenvalue weighted by molar-refractivity contribution is 0.511. The molecule has 0 nitrogen and oxygen atoms in total. The summed E-state index contributed by atoms with van der Waals surface area (Å²) in [5.41, 5.74) is 23.4. The minimum Gasteiger partial charge on any atom is -0.0613 e. The summed E-state index contributed by atoms with van der Waals surface area (Å²) in [7, 11) is -2.88. The molecule has 0 fully saturated rings. The molecule has 0 aliphatic heterocycles. The third kappa shape index (κ3) is 11.6. The van der Waals surface area contributed by atoms with E-state index in [1.165, 1.54) is 113 Å². The SMILES string of the molecule is Cc1ccc(P(c2ccc(C)cc2)c2cccc3c2C2(CC3)CCc3cccc(P(c4ccc(C)cc4)c4ccc(C)cc4)c32)cc1.Cc1ccc(P(c2ccc(C)cc2)c2cccc3c2C2(CC3)CCc3cccc(P(c4ccc(C)cc4)c4ccc(C)cc4)c32)cc1. The summed E-state index contributed by atoms with van der Waals surface area (Å²) >= 11 is 0. The van der Waals surface area contributed by atoms with Gasteiger partial charge in [0, 0.05) is 10.8 Å². The molecule has 2 spiro atoms. The highest BCUT2D eigenvalue weighted by molar-refractivity contribution is 7.81. The third-order valence-corrected chi connectivity index (χ3v) is 30.9. The van der Waals surface area contributed by atoms with Gasteiger partial charge in [-0.15, -0.1) is 0 Å². The Labute approximate surface area is 565 Å². The average Bonchev–Trinajstić information content (AvgIpc) is 1.54. The number of benzene rings is 12. The van der Waals surface area contributed by atoms with E-state index in [2.05, 4.69) is 322 Å². The molecule has 12 aromatic carbocycles. The van der Waals surface area contributed by atoms with Crippen molar-refractivity contribution in [2.45, 2.75) is 118 Å². The van der Waals surface area contributed by atoms with Crippen molar-refractivity contribution in [3.63, 3.8) is 0 Å². The topological polar surface area (TPSA) is 0 Å². The van der Waals surface area contributed by atoms with E-state index in [4.69, 9.17) is 0 Å². The zero-order valence-electron chi connectivity index (χ0n) is 55.8. The Kier molecular flexibility index (Phi) is 17.4. The number of aryl methyl sites for hydroxylation is 12. The van der Waals surface area contributed by atoms with Crippen LogP contribution in [-0.4, -0.2) is 0 Å². The molecule has 0 aromatic heterocycles. The molecule has 0 unspecified atom stereocenters. The average molecular weight is 1290 g/mol. The van der Waals surface area contributed by atoms with Crippen LogP contribution in [0.4, 0.5) is 0 Å². The standard InChI is InChI=1S/2C45H42P2/c2*1-31-11-19-37(20-12-31)46(38-21-13-32(2)14-22-38)41-9-5-7-35-27-29-45(43(35)41)30-28-36-8-6-10-42(44(36)45)47(39-23-15-33(3)16-24-39)40-25-17-34(4)18-26-40/h2*5-26H,27-30H2,1-4H3. The predicted molar refractivity (Wildman–Crippen MR) is 413 cm³/mol. The molecule has 0 heterocycles. The van der Waals surface area contributed by atoms with Crippen molar-refractivity contribution >= 4 is 95.3 Å². The summed E-state index contributed by atoms with van der Waals surface area (Å²) in [4.78, 5) is 0. The fourth-order valence-corrected chi connectivity index (χ4v) is 26.5. The van der Waals surface area contributed by atoms with E-state index in [-0.39, 0.29) is 10.8 Å². The second kappa shape index (κ2) is 26.2. The number of hydrogen-bond donors (Lipinski definition) is 0. The zero-order chi connectivity index (χ0) is 64.2. The maximum atomic E-state index is 2.49. The van der Waals surface area contributed by atoms with Crippen LogP contribution in [0.25, 0.3) is 0 Å². The van der Waals surface area contributed by atoms with Crippen LogP contribution < -0.4 is 63.7 Å². The van der Waals surface area contributed by atoms with Gasteiger partial charge in [-0.1, -0.05) is 311 Å². The second-order valence-electron chi connectivity index (χ2n) is 27.4. The van der Waals surface area contributed by atoms with Crippen molar-refractivity contribution in [2.24, 2.45) is 0 Å². The van der Waals surface area contributed by atoms with Gasteiger partial charge in [-0.2, -0.15) is 0 Å². The molecule has 4 heteroatoms. The van der Waals surface area contributed by atoms with Crippen molar-refractivity contribution in [2.75, 3.05) is 0 Å². The molecule has 0 amide bonds. The molecule has 0 radical (unpaired) electrons. The van der Waals surface area contributed by atoms with E-state index in [0.29, 0.717) is 0 Å². The van der Waals surface area contributed by atoms with Crippen LogP contribution in [0, 0.1) is 55.4 Å². The van der Waals surface area contributed by atoms with Crippen molar-refractivity contribution in [1.82, 2.24) is 0 Å². The third-order valence-electron chi connectivity index (χ3n) is 21.0. The van der Waals surface area contributed by atoms with Gasteiger partial charge in [0.15, 0.2) is 0 Å². The summed E-state index contributed by atoms with van der Waals surface area (Å²) in [6, 6.07) is 104. The molecule has 94 heavy (non-hydrogen) atoms. The highest BCUT2D eigenvalue weighted by Crippen LogP contribution is 2.58. The second-order valence-corrected chi connectivity index (χ2v) is 36.2. The van der Waals surface area contributed by atoms with Gasteiger partial charge in [0.05, 0.1) is 0 Å². The van der Waals surface area contributed by atoms with E-state index in [1.807, 2.05) is 0 Å². The summed E-state index contributed by atoms with van der Waals surface area (Å²) in [6.45, 7) is 17.6. The number of fused-ring (bicyclic) bond motifs is 8. The van der Waals surface area contributed by atoms with E-state index in [1.54, 1.807) is 65.7 Å². The minimum atomic E-state index is -0.720. The lowest BCUT2D eigenvalue weighted by Crippen LogP contribution is -2.35. The Morgan fingerprint density at radius 2 is 0.340 bits per heavy atom. The van der Waals surface area contributed by atoms with Crippen molar-refractivity contribution < 1.29 is 0 Å². The van der Waals surface area contributed by atoms with Crippen LogP contribution in [0.3, 0.4) is 0 Å². The zero-order valence-corrected chi connectivity index (χ0v) is 59.4. The van der Waals surface area contributed by atoms with Gasteiger partial charge < -0.3 is 0 Å². The molecular weight excluding hydrogens is 1200 g/mol. The van der Waals surface area contributed by atoms with Gasteiger partial charge in [-0.05, 0) is 247 Å². The fraction of sp³-hybridized carbons (Fsp3) is 0.200. The molecule has 4 aliphatic carbocycles. The van der Waals surface area contributed by atoms with Crippen molar-refractivity contribution in [3.05, 3.63) is 356 Å². The molecule has 4 aliphatic rings. The summed E-state index contributed by atoms with van der Waals surface area (Å²) in [5, 5.41) is 17.8. The van der Waals surface area contributed by atoms with E-state index in [9.17, 15) is 0 Å². The number of hydrogen-bond acceptors (Lipinski definition) is 0. The predicted octanol–water partition coefficient (Wildman–Crippen LogP) is 17.2. The lowest BCUT2D eigenvalue weighted by Gasteiger charge is -2.35. The summed E-state index contributed by atoms with van der Waals surface area (Å²) in [5.74, 6) is 0. The maximum absolute atomic E-state index is 2.49. The minimum absolute atomic E-state index is 0.0316. The quantitative estimate of drug-likeness (QED) is 0.107. The highest BCUT2D eigenvalue weighted by atomic mass is 31.1. The van der Waals surface area contributed by atoms with Crippen LogP contribution in [0.1, 0.15) is 115 Å². The molecule has 0 saturated carbocycles. The summed E-state index contributed by atoms with van der Waals surface area (Å²) < 4.78 is 0. The van der Waals surface area contributed by atoms with Gasteiger partial charge in [0.1, 0.15) is 0 Å². The van der Waals surface area contributed by atoms with E-state index < -0.39 is 31.7 Å². The van der Waals surface area contributed by atoms with Crippen LogP contribution in [0.15, 0.2) is 267 Å². The lowest BCUT2D eigenvalue weighted by atomic mass is 9.76. The van der Waals surface area contributed by atoms with Gasteiger partial charge in [-0.25, -0.2) is 0 Å². The van der Waals surface area contributed by atoms with Crippen molar-refractivity contribution in [3.8, 4) is 0 Å². The molecule has 0 saturated heterocycles. The smallest absolute Gasteiger partial charge is 0.0227 e. The molecular formula is C90H84P4. The van der Waals surface area contributed by atoms with Crippen LogP contribution in [-0.2, 0) is 36.5 Å². The van der Waals surface area contributed by atoms with Gasteiger partial charge >= 0.3 is 0 Å². The highest BCUT2D eigenvalue weighted by Gasteiger charge is 2.51. The van der Waals surface area contributed by atoms with Crippen LogP contribution >= 0.6 is 31.7 Å². The van der Waals surface area contributed by atoms with E-state index >= 15 is 0 Å². The Morgan fingerprint density at radius 3 is 0.489 bits per heavy atom.